The van der Waals surface area contributed by atoms with E-state index in [1.165, 1.54) is 0 Å². The van der Waals surface area contributed by atoms with Gasteiger partial charge in [-0.2, -0.15) is 0 Å². The third-order valence-electron chi connectivity index (χ3n) is 6.39. The molecular formula is C27H27N3O3S. The van der Waals surface area contributed by atoms with Gasteiger partial charge in [0.1, 0.15) is 21.8 Å². The van der Waals surface area contributed by atoms with Gasteiger partial charge >= 0.3 is 0 Å². The second-order valence-corrected chi connectivity index (χ2v) is 9.60. The summed E-state index contributed by atoms with van der Waals surface area (Å²) < 4.78 is 7.55. The average molecular weight is 474 g/mol. The van der Waals surface area contributed by atoms with E-state index >= 15 is 0 Å². The number of rotatable bonds is 7. The van der Waals surface area contributed by atoms with Crippen LogP contribution in [0.25, 0.3) is 10.2 Å². The maximum atomic E-state index is 13.8. The van der Waals surface area contributed by atoms with Gasteiger partial charge in [-0.1, -0.05) is 42.5 Å². The fourth-order valence-corrected chi connectivity index (χ4v) is 5.41. The van der Waals surface area contributed by atoms with Crippen LogP contribution in [0.2, 0.25) is 0 Å². The summed E-state index contributed by atoms with van der Waals surface area (Å²) in [7, 11) is 0. The van der Waals surface area contributed by atoms with Gasteiger partial charge < -0.3 is 19.5 Å². The smallest absolute Gasteiger partial charge is 0.271 e. The van der Waals surface area contributed by atoms with E-state index in [1.54, 1.807) is 16.2 Å². The SMILES string of the molecule is CCOc1ccc(CN2C(=O)c3cc4ccsc4n3CC2(C)C(=O)NCc2ccccc2)cc1. The highest BCUT2D eigenvalue weighted by Gasteiger charge is 2.47. The molecule has 1 atom stereocenters. The Morgan fingerprint density at radius 3 is 2.59 bits per heavy atom. The van der Waals surface area contributed by atoms with Crippen LogP contribution in [-0.4, -0.2) is 33.4 Å². The summed E-state index contributed by atoms with van der Waals surface area (Å²) in [6.07, 6.45) is 0. The van der Waals surface area contributed by atoms with Gasteiger partial charge in [-0.25, -0.2) is 0 Å². The highest BCUT2D eigenvalue weighted by molar-refractivity contribution is 7.16. The molecule has 0 saturated heterocycles. The van der Waals surface area contributed by atoms with E-state index in [1.807, 2.05) is 90.5 Å². The van der Waals surface area contributed by atoms with Gasteiger partial charge in [0.15, 0.2) is 0 Å². The Bertz CT molecular complexity index is 1330. The van der Waals surface area contributed by atoms with E-state index in [2.05, 4.69) is 5.32 Å². The fourth-order valence-electron chi connectivity index (χ4n) is 4.51. The van der Waals surface area contributed by atoms with Gasteiger partial charge in [0, 0.05) is 18.5 Å². The minimum atomic E-state index is -1.05. The molecule has 0 bridgehead atoms. The van der Waals surface area contributed by atoms with Crippen LogP contribution in [-0.2, 0) is 24.4 Å². The zero-order chi connectivity index (χ0) is 23.7. The number of thiophene rings is 1. The fraction of sp³-hybridized carbons (Fsp3) is 0.259. The van der Waals surface area contributed by atoms with Crippen molar-refractivity contribution in [1.29, 1.82) is 0 Å². The maximum Gasteiger partial charge on any atom is 0.271 e. The molecule has 5 rings (SSSR count). The van der Waals surface area contributed by atoms with E-state index < -0.39 is 5.54 Å². The number of hydrogen-bond acceptors (Lipinski definition) is 4. The summed E-state index contributed by atoms with van der Waals surface area (Å²) in [4.78, 5) is 30.1. The summed E-state index contributed by atoms with van der Waals surface area (Å²) in [6.45, 7) is 5.54. The van der Waals surface area contributed by atoms with Crippen LogP contribution in [0.4, 0.5) is 0 Å². The zero-order valence-corrected chi connectivity index (χ0v) is 20.1. The van der Waals surface area contributed by atoms with Crippen LogP contribution < -0.4 is 10.1 Å². The number of carbonyl (C=O) groups excluding carboxylic acids is 2. The first kappa shape index (κ1) is 22.2. The average Bonchev–Trinajstić information content (AvgIpc) is 3.44. The van der Waals surface area contributed by atoms with Crippen LogP contribution in [0, 0.1) is 0 Å². The highest BCUT2D eigenvalue weighted by Crippen LogP contribution is 2.35. The van der Waals surface area contributed by atoms with E-state index in [9.17, 15) is 9.59 Å². The molecule has 34 heavy (non-hydrogen) atoms. The largest absolute Gasteiger partial charge is 0.494 e. The molecule has 0 fully saturated rings. The van der Waals surface area contributed by atoms with Crippen molar-refractivity contribution in [2.24, 2.45) is 0 Å². The third-order valence-corrected chi connectivity index (χ3v) is 7.34. The molecule has 2 aromatic heterocycles. The molecule has 6 nitrogen and oxygen atoms in total. The number of nitrogens with one attached hydrogen (secondary N) is 1. The lowest BCUT2D eigenvalue weighted by atomic mass is 9.93. The Labute approximate surface area is 202 Å². The monoisotopic (exact) mass is 473 g/mol. The van der Waals surface area contributed by atoms with Crippen molar-refractivity contribution >= 4 is 33.4 Å². The molecule has 0 radical (unpaired) electrons. The van der Waals surface area contributed by atoms with Gasteiger partial charge in [-0.3, -0.25) is 9.59 Å². The molecule has 3 heterocycles. The first-order valence-corrected chi connectivity index (χ1v) is 12.3. The molecule has 4 aromatic rings. The molecular weight excluding hydrogens is 446 g/mol. The van der Waals surface area contributed by atoms with Crippen molar-refractivity contribution < 1.29 is 14.3 Å². The molecule has 0 spiro atoms. The van der Waals surface area contributed by atoms with Gasteiger partial charge in [-0.15, -0.1) is 11.3 Å². The third kappa shape index (κ3) is 3.96. The van der Waals surface area contributed by atoms with Crippen molar-refractivity contribution in [3.63, 3.8) is 0 Å². The Morgan fingerprint density at radius 2 is 1.85 bits per heavy atom. The summed E-state index contributed by atoms with van der Waals surface area (Å²) in [5.74, 6) is 0.481. The molecule has 1 N–H and O–H groups in total. The second-order valence-electron chi connectivity index (χ2n) is 8.71. The number of aromatic nitrogens is 1. The molecule has 1 aliphatic heterocycles. The minimum Gasteiger partial charge on any atom is -0.494 e. The highest BCUT2D eigenvalue weighted by atomic mass is 32.1. The van der Waals surface area contributed by atoms with E-state index in [0.717, 1.165) is 27.1 Å². The minimum absolute atomic E-state index is 0.138. The lowest BCUT2D eigenvalue weighted by molar-refractivity contribution is -0.133. The summed E-state index contributed by atoms with van der Waals surface area (Å²) in [5, 5.41) is 6.12. The van der Waals surface area contributed by atoms with Crippen LogP contribution in [0.15, 0.2) is 72.1 Å². The molecule has 7 heteroatoms. The topological polar surface area (TPSA) is 63.6 Å². The van der Waals surface area contributed by atoms with Crippen molar-refractivity contribution in [2.75, 3.05) is 6.61 Å². The van der Waals surface area contributed by atoms with Crippen molar-refractivity contribution in [2.45, 2.75) is 39.0 Å². The van der Waals surface area contributed by atoms with Crippen molar-refractivity contribution in [3.05, 3.63) is 88.9 Å². The summed E-state index contributed by atoms with van der Waals surface area (Å²) in [6, 6.07) is 21.5. The van der Waals surface area contributed by atoms with Crippen molar-refractivity contribution in [1.82, 2.24) is 14.8 Å². The Kier molecular flexibility index (Phi) is 5.87. The summed E-state index contributed by atoms with van der Waals surface area (Å²) >= 11 is 1.59. The molecule has 0 aliphatic carbocycles. The number of benzene rings is 2. The van der Waals surface area contributed by atoms with Crippen LogP contribution in [0.1, 0.15) is 35.5 Å². The zero-order valence-electron chi connectivity index (χ0n) is 19.3. The normalized spacial score (nSPS) is 17.6. The molecule has 1 unspecified atom stereocenters. The number of nitrogens with zero attached hydrogens (tertiary/aromatic N) is 2. The van der Waals surface area contributed by atoms with Crippen molar-refractivity contribution in [3.8, 4) is 5.75 Å². The van der Waals surface area contributed by atoms with Crippen LogP contribution in [0.5, 0.6) is 5.75 Å². The molecule has 174 valence electrons. The number of amides is 2. The number of fused-ring (bicyclic) bond motifs is 3. The first-order valence-electron chi connectivity index (χ1n) is 11.4. The van der Waals surface area contributed by atoms with Crippen LogP contribution in [0.3, 0.4) is 0 Å². The number of hydrogen-bond donors (Lipinski definition) is 1. The predicted molar refractivity (Wildman–Crippen MR) is 134 cm³/mol. The van der Waals surface area contributed by atoms with E-state index in [-0.39, 0.29) is 11.8 Å². The Hall–Kier alpha value is -3.58. The predicted octanol–water partition coefficient (Wildman–Crippen LogP) is 4.83. The van der Waals surface area contributed by atoms with Gasteiger partial charge in [0.05, 0.1) is 13.2 Å². The summed E-state index contributed by atoms with van der Waals surface area (Å²) in [5.41, 5.74) is 1.54. The number of ether oxygens (including phenoxy) is 1. The van der Waals surface area contributed by atoms with Gasteiger partial charge in [-0.05, 0) is 54.6 Å². The Morgan fingerprint density at radius 1 is 1.09 bits per heavy atom. The first-order chi connectivity index (χ1) is 16.5. The lowest BCUT2D eigenvalue weighted by Crippen LogP contribution is -2.63. The van der Waals surface area contributed by atoms with Gasteiger partial charge in [0.2, 0.25) is 5.91 Å². The van der Waals surface area contributed by atoms with Crippen LogP contribution >= 0.6 is 11.3 Å². The Balaban J connectivity index is 1.48. The lowest BCUT2D eigenvalue weighted by Gasteiger charge is -2.44. The second kappa shape index (κ2) is 8.99. The number of carbonyl (C=O) groups is 2. The maximum absolute atomic E-state index is 13.8. The standard InChI is InChI=1S/C27H27N3O3S/c1-3-33-22-11-9-20(10-12-22)17-30-24(31)23-15-21-13-14-34-25(21)29(23)18-27(30,2)26(32)28-16-19-7-5-4-6-8-19/h4-15H,3,16-18H2,1-2H3,(H,28,32). The van der Waals surface area contributed by atoms with Gasteiger partial charge in [0.25, 0.3) is 5.91 Å². The molecule has 1 aliphatic rings. The van der Waals surface area contributed by atoms with E-state index in [0.29, 0.717) is 31.9 Å². The molecule has 2 aromatic carbocycles. The molecule has 0 saturated carbocycles. The molecule has 2 amide bonds. The van der Waals surface area contributed by atoms with E-state index in [4.69, 9.17) is 4.74 Å². The quantitative estimate of drug-likeness (QED) is 0.418.